The first-order valence-corrected chi connectivity index (χ1v) is 10.4. The van der Waals surface area contributed by atoms with Crippen molar-refractivity contribution in [2.45, 2.75) is 13.3 Å². The van der Waals surface area contributed by atoms with Crippen molar-refractivity contribution >= 4 is 37.5 Å². The summed E-state index contributed by atoms with van der Waals surface area (Å²) in [7, 11) is -2.42. The van der Waals surface area contributed by atoms with E-state index in [0.717, 1.165) is 5.57 Å². The number of para-hydroxylation sites is 1. The van der Waals surface area contributed by atoms with Gasteiger partial charge in [-0.25, -0.2) is 9.51 Å². The van der Waals surface area contributed by atoms with Crippen molar-refractivity contribution in [1.82, 2.24) is 19.5 Å². The largest absolute Gasteiger partial charge is 0.750 e. The van der Waals surface area contributed by atoms with Crippen LogP contribution in [0.15, 0.2) is 47.0 Å². The number of ether oxygens (including phenoxy) is 1. The van der Waals surface area contributed by atoms with E-state index in [1.165, 1.54) is 13.3 Å². The summed E-state index contributed by atoms with van der Waals surface area (Å²) in [6.07, 6.45) is 3.68. The molecule has 2 heterocycles. The van der Waals surface area contributed by atoms with Gasteiger partial charge in [0, 0.05) is 17.7 Å². The number of nitrogens with two attached hydrogens (primary N) is 1. The molecule has 1 unspecified atom stereocenters. The van der Waals surface area contributed by atoms with Crippen molar-refractivity contribution in [2.75, 3.05) is 18.9 Å². The molecule has 2 aromatic heterocycles. The van der Waals surface area contributed by atoms with Gasteiger partial charge in [0.1, 0.15) is 19.5 Å². The molecule has 0 amide bonds. The van der Waals surface area contributed by atoms with Crippen molar-refractivity contribution in [2.24, 2.45) is 5.41 Å². The summed E-state index contributed by atoms with van der Waals surface area (Å²) >= 11 is 0. The molecule has 11 nitrogen and oxygen atoms in total. The maximum Gasteiger partial charge on any atom is 0.750 e. The highest BCUT2D eigenvalue weighted by Gasteiger charge is 2.53. The van der Waals surface area contributed by atoms with Gasteiger partial charge in [0.15, 0.2) is 16.9 Å². The third kappa shape index (κ3) is 4.62. The number of nitrogens with one attached hydrogen (secondary N) is 1. The van der Waals surface area contributed by atoms with Gasteiger partial charge in [0.2, 0.25) is 5.95 Å². The number of aromatic nitrogens is 4. The van der Waals surface area contributed by atoms with E-state index in [0.29, 0.717) is 17.8 Å². The SMILES string of the molecule is CC(=O)OC[C@]1(CO[P+](=O)Oc2ccccc2)C/C1=C/n1cnc2c(=O)[nH]c(N)nc21. The Morgan fingerprint density at radius 2 is 2.13 bits per heavy atom. The summed E-state index contributed by atoms with van der Waals surface area (Å²) < 4.78 is 29.6. The predicted molar refractivity (Wildman–Crippen MR) is 111 cm³/mol. The van der Waals surface area contributed by atoms with Crippen molar-refractivity contribution < 1.29 is 23.1 Å². The number of imidazole rings is 1. The third-order valence-corrected chi connectivity index (χ3v) is 5.45. The molecule has 0 aliphatic heterocycles. The lowest BCUT2D eigenvalue weighted by molar-refractivity contribution is -0.142. The molecule has 4 rings (SSSR count). The summed E-state index contributed by atoms with van der Waals surface area (Å²) in [5.41, 5.74) is 5.80. The normalized spacial score (nSPS) is 19.4. The fraction of sp³-hybridized carbons (Fsp3) is 0.263. The Morgan fingerprint density at radius 3 is 2.87 bits per heavy atom. The first-order chi connectivity index (χ1) is 14.9. The number of esters is 1. The number of carbonyl (C=O) groups is 1. The van der Waals surface area contributed by atoms with Gasteiger partial charge in [-0.3, -0.25) is 19.1 Å². The summed E-state index contributed by atoms with van der Waals surface area (Å²) in [5.74, 6) is -0.0504. The first-order valence-electron chi connectivity index (χ1n) is 9.26. The zero-order valence-corrected chi connectivity index (χ0v) is 17.4. The second kappa shape index (κ2) is 8.29. The Morgan fingerprint density at radius 1 is 1.35 bits per heavy atom. The van der Waals surface area contributed by atoms with E-state index in [2.05, 4.69) is 15.0 Å². The Balaban J connectivity index is 1.52. The topological polar surface area (TPSA) is 151 Å². The summed E-state index contributed by atoms with van der Waals surface area (Å²) in [6.45, 7) is 1.37. The van der Waals surface area contributed by atoms with Crippen LogP contribution in [0.5, 0.6) is 5.75 Å². The van der Waals surface area contributed by atoms with E-state index in [9.17, 15) is 14.2 Å². The number of carbonyl (C=O) groups excluding carboxylic acids is 1. The lowest BCUT2D eigenvalue weighted by Gasteiger charge is -2.11. The second-order valence-corrected chi connectivity index (χ2v) is 7.96. The number of anilines is 1. The maximum atomic E-state index is 12.2. The van der Waals surface area contributed by atoms with Crippen LogP contribution in [-0.4, -0.2) is 38.7 Å². The number of nitrogen functional groups attached to an aromatic ring is 1. The lowest BCUT2D eigenvalue weighted by Crippen LogP contribution is -2.19. The number of H-pyrrole nitrogens is 1. The van der Waals surface area contributed by atoms with Gasteiger partial charge in [-0.1, -0.05) is 18.2 Å². The van der Waals surface area contributed by atoms with Gasteiger partial charge in [0.05, 0.1) is 5.41 Å². The van der Waals surface area contributed by atoms with Gasteiger partial charge in [-0.2, -0.15) is 4.98 Å². The highest BCUT2D eigenvalue weighted by molar-refractivity contribution is 7.33. The standard InChI is InChI=1S/C19H18N5O6P/c1-12(25)28-9-19(10-29-31(27)30-14-5-3-2-4-6-14)7-13(19)8-24-11-21-15-16(24)22-18(20)23-17(15)26/h2-6,8,11H,7,9-10H2,1H3,(H2-,20,22,23,26)/p+1/b13-8-/t19-/m0/s1. The van der Waals surface area contributed by atoms with E-state index in [1.807, 2.05) is 6.07 Å². The molecule has 3 aromatic rings. The van der Waals surface area contributed by atoms with Crippen molar-refractivity contribution in [3.63, 3.8) is 0 Å². The van der Waals surface area contributed by atoms with Crippen LogP contribution in [0.25, 0.3) is 17.4 Å². The minimum atomic E-state index is -2.42. The van der Waals surface area contributed by atoms with Crippen LogP contribution in [-0.2, 0) is 18.6 Å². The molecular formula is C19H19N5O6P+. The van der Waals surface area contributed by atoms with Crippen molar-refractivity contribution in [3.8, 4) is 5.75 Å². The van der Waals surface area contributed by atoms with Crippen molar-refractivity contribution in [3.05, 3.63) is 52.6 Å². The molecule has 2 atom stereocenters. The van der Waals surface area contributed by atoms with Crippen LogP contribution < -0.4 is 15.8 Å². The van der Waals surface area contributed by atoms with E-state index in [1.54, 1.807) is 35.0 Å². The second-order valence-electron chi connectivity index (χ2n) is 7.07. The molecule has 1 aromatic carbocycles. The zero-order valence-electron chi connectivity index (χ0n) is 16.5. The zero-order chi connectivity index (χ0) is 22.0. The predicted octanol–water partition coefficient (Wildman–Crippen LogP) is 2.25. The molecule has 1 saturated carbocycles. The van der Waals surface area contributed by atoms with Crippen LogP contribution in [0.2, 0.25) is 0 Å². The summed E-state index contributed by atoms with van der Waals surface area (Å²) in [4.78, 5) is 33.8. The quantitative estimate of drug-likeness (QED) is 0.394. The Bertz CT molecular complexity index is 1240. The molecule has 1 aliphatic rings. The molecular weight excluding hydrogens is 425 g/mol. The van der Waals surface area contributed by atoms with E-state index in [-0.39, 0.29) is 24.7 Å². The monoisotopic (exact) mass is 444 g/mol. The number of aromatic amines is 1. The Labute approximate surface area is 176 Å². The van der Waals surface area contributed by atoms with Gasteiger partial charge in [-0.15, -0.1) is 4.52 Å². The molecule has 0 radical (unpaired) electrons. The minimum Gasteiger partial charge on any atom is -0.465 e. The summed E-state index contributed by atoms with van der Waals surface area (Å²) in [5, 5.41) is 0. The molecule has 1 fully saturated rings. The highest BCUT2D eigenvalue weighted by atomic mass is 31.1. The molecule has 31 heavy (non-hydrogen) atoms. The minimum absolute atomic E-state index is 0.0108. The van der Waals surface area contributed by atoms with Gasteiger partial charge in [0.25, 0.3) is 5.56 Å². The van der Waals surface area contributed by atoms with Gasteiger partial charge >= 0.3 is 14.2 Å². The summed E-state index contributed by atoms with van der Waals surface area (Å²) in [6, 6.07) is 8.65. The molecule has 12 heteroatoms. The van der Waals surface area contributed by atoms with Crippen molar-refractivity contribution in [1.29, 1.82) is 0 Å². The van der Waals surface area contributed by atoms with Crippen LogP contribution in [0.1, 0.15) is 13.3 Å². The Kier molecular flexibility index (Phi) is 5.53. The highest BCUT2D eigenvalue weighted by Crippen LogP contribution is 2.54. The van der Waals surface area contributed by atoms with Crippen LogP contribution >= 0.6 is 8.25 Å². The molecule has 0 spiro atoms. The third-order valence-electron chi connectivity index (χ3n) is 4.75. The lowest BCUT2D eigenvalue weighted by atomic mass is 10.1. The van der Waals surface area contributed by atoms with Crippen LogP contribution in [0.4, 0.5) is 5.95 Å². The van der Waals surface area contributed by atoms with Gasteiger partial charge < -0.3 is 10.5 Å². The van der Waals surface area contributed by atoms with E-state index < -0.39 is 25.2 Å². The maximum absolute atomic E-state index is 12.2. The Hall–Kier alpha value is -3.56. The number of nitrogens with zero attached hydrogens (tertiary/aromatic N) is 3. The molecule has 0 bridgehead atoms. The van der Waals surface area contributed by atoms with Gasteiger partial charge in [-0.05, 0) is 24.1 Å². The first kappa shape index (κ1) is 20.7. The average Bonchev–Trinajstić information content (AvgIpc) is 3.26. The number of hydrogen-bond acceptors (Lipinski definition) is 9. The number of fused-ring (bicyclic) bond motifs is 1. The molecule has 3 N–H and O–H groups in total. The molecule has 160 valence electrons. The molecule has 1 aliphatic carbocycles. The fourth-order valence-electron chi connectivity index (χ4n) is 3.05. The molecule has 0 saturated heterocycles. The number of benzene rings is 1. The van der Waals surface area contributed by atoms with E-state index in [4.69, 9.17) is 19.5 Å². The fourth-order valence-corrected chi connectivity index (χ4v) is 3.75. The van der Waals surface area contributed by atoms with Crippen LogP contribution in [0.3, 0.4) is 0 Å². The van der Waals surface area contributed by atoms with E-state index >= 15 is 0 Å². The number of rotatable bonds is 8. The smallest absolute Gasteiger partial charge is 0.465 e. The van der Waals surface area contributed by atoms with Crippen LogP contribution in [0, 0.1) is 5.41 Å². The number of hydrogen-bond donors (Lipinski definition) is 2. The average molecular weight is 444 g/mol.